The number of nitrogens with two attached hydrogens (primary N) is 1. The smallest absolute Gasteiger partial charge is 0.0451 e. The highest BCUT2D eigenvalue weighted by molar-refractivity contribution is 5.77. The summed E-state index contributed by atoms with van der Waals surface area (Å²) < 4.78 is 0. The molecule has 2 N–H and O–H groups in total. The summed E-state index contributed by atoms with van der Waals surface area (Å²) >= 11 is 0. The lowest BCUT2D eigenvalue weighted by Gasteiger charge is -2.08. The molecule has 0 aliphatic carbocycles. The van der Waals surface area contributed by atoms with E-state index in [9.17, 15) is 0 Å². The maximum absolute atomic E-state index is 5.99. The molecule has 0 atom stereocenters. The standard InChI is InChI=1S/C13H14N2/c1-9-5-6-12(13(14)8-9)11-4-3-7-15-10(11)2/h3-8H,14H2,1-2H3. The van der Waals surface area contributed by atoms with Crippen LogP contribution in [0.2, 0.25) is 0 Å². The van der Waals surface area contributed by atoms with E-state index in [1.165, 1.54) is 5.56 Å². The van der Waals surface area contributed by atoms with Crippen molar-refractivity contribution in [2.24, 2.45) is 0 Å². The van der Waals surface area contributed by atoms with Gasteiger partial charge in [-0.3, -0.25) is 4.98 Å². The molecule has 0 saturated heterocycles. The zero-order valence-corrected chi connectivity index (χ0v) is 8.99. The maximum atomic E-state index is 5.99. The highest BCUT2D eigenvalue weighted by Gasteiger charge is 2.05. The minimum atomic E-state index is 0.811. The second kappa shape index (κ2) is 3.73. The molecule has 0 bridgehead atoms. The Balaban J connectivity index is 2.60. The number of aromatic nitrogens is 1. The molecule has 2 aromatic rings. The maximum Gasteiger partial charge on any atom is 0.0451 e. The van der Waals surface area contributed by atoms with Gasteiger partial charge in [0.2, 0.25) is 0 Å². The largest absolute Gasteiger partial charge is 0.398 e. The van der Waals surface area contributed by atoms with Crippen molar-refractivity contribution in [1.29, 1.82) is 0 Å². The Morgan fingerprint density at radius 2 is 1.87 bits per heavy atom. The Bertz CT molecular complexity index is 490. The lowest BCUT2D eigenvalue weighted by Crippen LogP contribution is -1.93. The van der Waals surface area contributed by atoms with Crippen molar-refractivity contribution in [3.05, 3.63) is 47.8 Å². The van der Waals surface area contributed by atoms with Gasteiger partial charge < -0.3 is 5.73 Å². The van der Waals surface area contributed by atoms with Gasteiger partial charge >= 0.3 is 0 Å². The summed E-state index contributed by atoms with van der Waals surface area (Å²) in [7, 11) is 0. The molecule has 0 unspecified atom stereocenters. The van der Waals surface area contributed by atoms with E-state index >= 15 is 0 Å². The Kier molecular flexibility index (Phi) is 2.42. The van der Waals surface area contributed by atoms with Gasteiger partial charge in [-0.25, -0.2) is 0 Å². The van der Waals surface area contributed by atoms with E-state index in [0.717, 1.165) is 22.5 Å². The minimum Gasteiger partial charge on any atom is -0.398 e. The zero-order valence-electron chi connectivity index (χ0n) is 8.99. The fourth-order valence-electron chi connectivity index (χ4n) is 1.70. The van der Waals surface area contributed by atoms with E-state index in [2.05, 4.69) is 17.1 Å². The zero-order chi connectivity index (χ0) is 10.8. The first-order chi connectivity index (χ1) is 7.18. The van der Waals surface area contributed by atoms with Crippen molar-refractivity contribution in [3.8, 4) is 11.1 Å². The van der Waals surface area contributed by atoms with Crippen LogP contribution in [0.5, 0.6) is 0 Å². The Labute approximate surface area is 89.8 Å². The molecule has 2 nitrogen and oxygen atoms in total. The molecule has 0 aliphatic rings. The summed E-state index contributed by atoms with van der Waals surface area (Å²) in [5, 5.41) is 0. The average molecular weight is 198 g/mol. The van der Waals surface area contributed by atoms with Crippen molar-refractivity contribution in [2.45, 2.75) is 13.8 Å². The van der Waals surface area contributed by atoms with Gasteiger partial charge in [0.25, 0.3) is 0 Å². The number of hydrogen-bond donors (Lipinski definition) is 1. The number of pyridine rings is 1. The molecular formula is C13H14N2. The Morgan fingerprint density at radius 3 is 2.53 bits per heavy atom. The van der Waals surface area contributed by atoms with Gasteiger partial charge in [-0.15, -0.1) is 0 Å². The molecule has 0 saturated carbocycles. The van der Waals surface area contributed by atoms with Crippen molar-refractivity contribution in [1.82, 2.24) is 4.98 Å². The average Bonchev–Trinajstić information content (AvgIpc) is 2.20. The fraction of sp³-hybridized carbons (Fsp3) is 0.154. The van der Waals surface area contributed by atoms with Crippen LogP contribution in [0.15, 0.2) is 36.5 Å². The molecular weight excluding hydrogens is 184 g/mol. The molecule has 0 amide bonds. The molecule has 0 spiro atoms. The van der Waals surface area contributed by atoms with Gasteiger partial charge in [0.05, 0.1) is 0 Å². The van der Waals surface area contributed by atoms with Crippen molar-refractivity contribution < 1.29 is 0 Å². The van der Waals surface area contributed by atoms with Gasteiger partial charge in [0.1, 0.15) is 0 Å². The first-order valence-corrected chi connectivity index (χ1v) is 4.96. The monoisotopic (exact) mass is 198 g/mol. The van der Waals surface area contributed by atoms with Crippen molar-refractivity contribution in [3.63, 3.8) is 0 Å². The number of rotatable bonds is 1. The third-order valence-corrected chi connectivity index (χ3v) is 2.50. The van der Waals surface area contributed by atoms with E-state index < -0.39 is 0 Å². The normalized spacial score (nSPS) is 10.3. The molecule has 15 heavy (non-hydrogen) atoms. The van der Waals surface area contributed by atoms with E-state index in [1.54, 1.807) is 6.20 Å². The number of aryl methyl sites for hydroxylation is 2. The van der Waals surface area contributed by atoms with E-state index in [4.69, 9.17) is 5.73 Å². The second-order valence-corrected chi connectivity index (χ2v) is 3.73. The lowest BCUT2D eigenvalue weighted by atomic mass is 10.0. The third kappa shape index (κ3) is 1.84. The number of nitrogens with zero attached hydrogens (tertiary/aromatic N) is 1. The molecule has 1 heterocycles. The van der Waals surface area contributed by atoms with Gasteiger partial charge in [-0.05, 0) is 31.5 Å². The Hall–Kier alpha value is -1.83. The van der Waals surface area contributed by atoms with Crippen molar-refractivity contribution in [2.75, 3.05) is 5.73 Å². The van der Waals surface area contributed by atoms with Crippen LogP contribution in [-0.2, 0) is 0 Å². The van der Waals surface area contributed by atoms with Crippen LogP contribution < -0.4 is 5.73 Å². The third-order valence-electron chi connectivity index (χ3n) is 2.50. The van der Waals surface area contributed by atoms with E-state index in [0.29, 0.717) is 0 Å². The first kappa shape index (κ1) is 9.71. The molecule has 0 radical (unpaired) electrons. The molecule has 0 aliphatic heterocycles. The second-order valence-electron chi connectivity index (χ2n) is 3.73. The number of anilines is 1. The summed E-state index contributed by atoms with van der Waals surface area (Å²) in [5.41, 5.74) is 11.2. The summed E-state index contributed by atoms with van der Waals surface area (Å²) in [6, 6.07) is 10.1. The van der Waals surface area contributed by atoms with Crippen LogP contribution in [-0.4, -0.2) is 4.98 Å². The van der Waals surface area contributed by atoms with Gasteiger partial charge in [-0.2, -0.15) is 0 Å². The van der Waals surface area contributed by atoms with E-state index in [1.807, 2.05) is 32.0 Å². The lowest BCUT2D eigenvalue weighted by molar-refractivity contribution is 1.20. The quantitative estimate of drug-likeness (QED) is 0.715. The predicted molar refractivity (Wildman–Crippen MR) is 63.6 cm³/mol. The predicted octanol–water partition coefficient (Wildman–Crippen LogP) is 2.95. The van der Waals surface area contributed by atoms with Gasteiger partial charge in [0.15, 0.2) is 0 Å². The molecule has 1 aromatic heterocycles. The van der Waals surface area contributed by atoms with Crippen LogP contribution in [0.4, 0.5) is 5.69 Å². The SMILES string of the molecule is Cc1ccc(-c2cccnc2C)c(N)c1. The number of benzene rings is 1. The van der Waals surface area contributed by atoms with Crippen molar-refractivity contribution >= 4 is 5.69 Å². The molecule has 2 heteroatoms. The number of hydrogen-bond acceptors (Lipinski definition) is 2. The highest BCUT2D eigenvalue weighted by atomic mass is 14.7. The number of nitrogen functional groups attached to an aromatic ring is 1. The highest BCUT2D eigenvalue weighted by Crippen LogP contribution is 2.27. The molecule has 2 rings (SSSR count). The van der Waals surface area contributed by atoms with Crippen LogP contribution in [0, 0.1) is 13.8 Å². The van der Waals surface area contributed by atoms with Crippen LogP contribution in [0.3, 0.4) is 0 Å². The minimum absolute atomic E-state index is 0.811. The van der Waals surface area contributed by atoms with Crippen LogP contribution in [0.1, 0.15) is 11.3 Å². The fourth-order valence-corrected chi connectivity index (χ4v) is 1.70. The molecule has 76 valence electrons. The summed E-state index contributed by atoms with van der Waals surface area (Å²) in [6.07, 6.45) is 1.79. The molecule has 1 aromatic carbocycles. The summed E-state index contributed by atoms with van der Waals surface area (Å²) in [4.78, 5) is 4.26. The topological polar surface area (TPSA) is 38.9 Å². The van der Waals surface area contributed by atoms with E-state index in [-0.39, 0.29) is 0 Å². The van der Waals surface area contributed by atoms with Crippen LogP contribution >= 0.6 is 0 Å². The van der Waals surface area contributed by atoms with Gasteiger partial charge in [0, 0.05) is 28.7 Å². The summed E-state index contributed by atoms with van der Waals surface area (Å²) in [6.45, 7) is 4.03. The van der Waals surface area contributed by atoms with Crippen LogP contribution in [0.25, 0.3) is 11.1 Å². The first-order valence-electron chi connectivity index (χ1n) is 4.96. The Morgan fingerprint density at radius 1 is 1.07 bits per heavy atom. The molecule has 0 fully saturated rings. The summed E-state index contributed by atoms with van der Waals surface area (Å²) in [5.74, 6) is 0. The van der Waals surface area contributed by atoms with Gasteiger partial charge in [-0.1, -0.05) is 18.2 Å².